The Hall–Kier alpha value is -0.800. The van der Waals surface area contributed by atoms with Gasteiger partial charge in [-0.3, -0.25) is 0 Å². The highest BCUT2D eigenvalue weighted by atomic mass is 79.9. The van der Waals surface area contributed by atoms with Crippen LogP contribution in [0, 0.1) is 0 Å². The van der Waals surface area contributed by atoms with Crippen molar-refractivity contribution in [3.63, 3.8) is 0 Å². The molecule has 76 valence electrons. The Bertz CT molecular complexity index is 295. The zero-order valence-corrected chi connectivity index (χ0v) is 9.70. The minimum atomic E-state index is 0.0581. The number of hydrogen-bond donors (Lipinski definition) is 1. The van der Waals surface area contributed by atoms with Crippen molar-refractivity contribution >= 4 is 15.9 Å². The molecule has 0 saturated carbocycles. The molecule has 2 nitrogen and oxygen atoms in total. The number of ether oxygens (including phenoxy) is 1. The van der Waals surface area contributed by atoms with Gasteiger partial charge in [0.05, 0.1) is 7.11 Å². The molecule has 1 aromatic carbocycles. The van der Waals surface area contributed by atoms with Crippen molar-refractivity contribution in [3.8, 4) is 5.75 Å². The van der Waals surface area contributed by atoms with Gasteiger partial charge in [0.1, 0.15) is 5.75 Å². The minimum Gasteiger partial charge on any atom is -0.497 e. The van der Waals surface area contributed by atoms with Crippen LogP contribution in [-0.4, -0.2) is 13.2 Å². The quantitative estimate of drug-likeness (QED) is 0.898. The highest BCUT2D eigenvalue weighted by Gasteiger charge is 1.99. The molecule has 0 aliphatic rings. The molecule has 3 heteroatoms. The van der Waals surface area contributed by atoms with Crippen molar-refractivity contribution in [2.24, 2.45) is 5.73 Å². The molecule has 0 aliphatic carbocycles. The molecule has 1 aromatic rings. The fourth-order valence-electron chi connectivity index (χ4n) is 1.20. The van der Waals surface area contributed by atoms with Gasteiger partial charge in [-0.25, -0.2) is 0 Å². The highest BCUT2D eigenvalue weighted by molar-refractivity contribution is 9.11. The van der Waals surface area contributed by atoms with Crippen LogP contribution >= 0.6 is 15.9 Å². The Labute approximate surface area is 92.9 Å². The Morgan fingerprint density at radius 3 is 2.57 bits per heavy atom. The molecule has 0 bridgehead atoms. The summed E-state index contributed by atoms with van der Waals surface area (Å²) in [6.07, 6.45) is 2.76. The van der Waals surface area contributed by atoms with Gasteiger partial charge in [-0.05, 0) is 29.1 Å². The van der Waals surface area contributed by atoms with E-state index >= 15 is 0 Å². The monoisotopic (exact) mass is 255 g/mol. The van der Waals surface area contributed by atoms with Crippen LogP contribution in [0.25, 0.3) is 0 Å². The Morgan fingerprint density at radius 2 is 2.07 bits per heavy atom. The van der Waals surface area contributed by atoms with Gasteiger partial charge in [0.25, 0.3) is 0 Å². The van der Waals surface area contributed by atoms with Gasteiger partial charge in [-0.15, -0.1) is 0 Å². The standard InChI is InChI=1S/C11H14BrNO/c1-14-11-4-2-9(3-5-11)8-10(13)6-7-12/h2-7,10H,8,13H2,1H3/b7-6-. The van der Waals surface area contributed by atoms with Crippen molar-refractivity contribution in [2.75, 3.05) is 7.11 Å². The van der Waals surface area contributed by atoms with E-state index in [2.05, 4.69) is 15.9 Å². The lowest BCUT2D eigenvalue weighted by atomic mass is 10.1. The van der Waals surface area contributed by atoms with Gasteiger partial charge in [-0.2, -0.15) is 0 Å². The second-order valence-corrected chi connectivity index (χ2v) is 3.56. The summed E-state index contributed by atoms with van der Waals surface area (Å²) >= 11 is 3.21. The molecular formula is C11H14BrNO. The number of nitrogens with two attached hydrogens (primary N) is 1. The lowest BCUT2D eigenvalue weighted by Crippen LogP contribution is -2.19. The van der Waals surface area contributed by atoms with Crippen LogP contribution in [0.4, 0.5) is 0 Å². The van der Waals surface area contributed by atoms with Crippen molar-refractivity contribution < 1.29 is 4.74 Å². The van der Waals surface area contributed by atoms with Gasteiger partial charge in [0.15, 0.2) is 0 Å². The Balaban J connectivity index is 2.59. The molecule has 2 N–H and O–H groups in total. The molecule has 1 unspecified atom stereocenters. The van der Waals surface area contributed by atoms with Gasteiger partial charge in [0, 0.05) is 6.04 Å². The maximum atomic E-state index is 5.84. The molecule has 0 aliphatic heterocycles. The first-order valence-electron chi connectivity index (χ1n) is 4.41. The topological polar surface area (TPSA) is 35.2 Å². The molecule has 0 heterocycles. The van der Waals surface area contributed by atoms with Gasteiger partial charge in [0.2, 0.25) is 0 Å². The van der Waals surface area contributed by atoms with E-state index in [1.165, 1.54) is 5.56 Å². The van der Waals surface area contributed by atoms with Crippen molar-refractivity contribution in [2.45, 2.75) is 12.5 Å². The minimum absolute atomic E-state index is 0.0581. The average molecular weight is 256 g/mol. The van der Waals surface area contributed by atoms with Crippen molar-refractivity contribution in [1.82, 2.24) is 0 Å². The van der Waals surface area contributed by atoms with Gasteiger partial charge < -0.3 is 10.5 Å². The molecule has 14 heavy (non-hydrogen) atoms. The van der Waals surface area contributed by atoms with Crippen LogP contribution in [0.3, 0.4) is 0 Å². The third-order valence-electron chi connectivity index (χ3n) is 1.95. The van der Waals surface area contributed by atoms with E-state index < -0.39 is 0 Å². The number of hydrogen-bond acceptors (Lipinski definition) is 2. The van der Waals surface area contributed by atoms with Crippen LogP contribution < -0.4 is 10.5 Å². The molecule has 1 rings (SSSR count). The molecule has 0 saturated heterocycles. The van der Waals surface area contributed by atoms with Gasteiger partial charge in [-0.1, -0.05) is 34.1 Å². The van der Waals surface area contributed by atoms with E-state index in [9.17, 15) is 0 Å². The second kappa shape index (κ2) is 5.83. The molecule has 0 aromatic heterocycles. The zero-order chi connectivity index (χ0) is 10.4. The highest BCUT2D eigenvalue weighted by Crippen LogP contribution is 2.12. The fourth-order valence-corrected chi connectivity index (χ4v) is 1.59. The summed E-state index contributed by atoms with van der Waals surface area (Å²) in [7, 11) is 1.66. The first kappa shape index (κ1) is 11.3. The normalized spacial score (nSPS) is 13.1. The van der Waals surface area contributed by atoms with E-state index in [1.54, 1.807) is 12.1 Å². The molecule has 0 radical (unpaired) electrons. The Kier molecular flexibility index (Phi) is 4.70. The van der Waals surface area contributed by atoms with E-state index in [4.69, 9.17) is 10.5 Å². The lowest BCUT2D eigenvalue weighted by molar-refractivity contribution is 0.414. The summed E-state index contributed by atoms with van der Waals surface area (Å²) in [5, 5.41) is 0. The molecular weight excluding hydrogens is 242 g/mol. The Morgan fingerprint density at radius 1 is 1.43 bits per heavy atom. The maximum absolute atomic E-state index is 5.84. The lowest BCUT2D eigenvalue weighted by Gasteiger charge is -2.06. The van der Waals surface area contributed by atoms with Crippen molar-refractivity contribution in [1.29, 1.82) is 0 Å². The molecule has 0 spiro atoms. The predicted octanol–water partition coefficient (Wildman–Crippen LogP) is 2.47. The first-order chi connectivity index (χ1) is 6.76. The maximum Gasteiger partial charge on any atom is 0.118 e. The molecule has 0 amide bonds. The number of benzene rings is 1. The second-order valence-electron chi connectivity index (χ2n) is 3.03. The number of methoxy groups -OCH3 is 1. The zero-order valence-electron chi connectivity index (χ0n) is 8.11. The van der Waals surface area contributed by atoms with Crippen molar-refractivity contribution in [3.05, 3.63) is 40.9 Å². The summed E-state index contributed by atoms with van der Waals surface area (Å²) in [5.41, 5.74) is 7.05. The molecule has 0 fully saturated rings. The van der Waals surface area contributed by atoms with E-state index in [1.807, 2.05) is 30.3 Å². The summed E-state index contributed by atoms with van der Waals surface area (Å²) in [6.45, 7) is 0. The summed E-state index contributed by atoms with van der Waals surface area (Å²) in [4.78, 5) is 1.79. The van der Waals surface area contributed by atoms with E-state index in [-0.39, 0.29) is 6.04 Å². The van der Waals surface area contributed by atoms with Crippen LogP contribution in [0.15, 0.2) is 35.3 Å². The third kappa shape index (κ3) is 3.52. The summed E-state index contributed by atoms with van der Waals surface area (Å²) in [5.74, 6) is 0.873. The number of halogens is 1. The predicted molar refractivity (Wildman–Crippen MR) is 62.7 cm³/mol. The van der Waals surface area contributed by atoms with Gasteiger partial charge >= 0.3 is 0 Å². The summed E-state index contributed by atoms with van der Waals surface area (Å²) in [6, 6.07) is 8.00. The van der Waals surface area contributed by atoms with Crippen LogP contribution in [0.2, 0.25) is 0 Å². The average Bonchev–Trinajstić information content (AvgIpc) is 2.19. The summed E-state index contributed by atoms with van der Waals surface area (Å²) < 4.78 is 5.07. The van der Waals surface area contributed by atoms with Crippen LogP contribution in [-0.2, 0) is 6.42 Å². The van der Waals surface area contributed by atoms with E-state index in [0.29, 0.717) is 0 Å². The van der Waals surface area contributed by atoms with Crippen LogP contribution in [0.5, 0.6) is 5.75 Å². The van der Waals surface area contributed by atoms with Crippen LogP contribution in [0.1, 0.15) is 5.56 Å². The SMILES string of the molecule is COc1ccc(CC(N)/C=C\Br)cc1. The van der Waals surface area contributed by atoms with E-state index in [0.717, 1.165) is 12.2 Å². The third-order valence-corrected chi connectivity index (χ3v) is 2.26. The fraction of sp³-hybridized carbons (Fsp3) is 0.273. The largest absolute Gasteiger partial charge is 0.497 e. The number of rotatable bonds is 4. The molecule has 1 atom stereocenters. The first-order valence-corrected chi connectivity index (χ1v) is 5.33. The smallest absolute Gasteiger partial charge is 0.118 e.